The van der Waals surface area contributed by atoms with E-state index in [-0.39, 0.29) is 0 Å². The van der Waals surface area contributed by atoms with Crippen LogP contribution in [0.15, 0.2) is 42.5 Å². The lowest BCUT2D eigenvalue weighted by Crippen LogP contribution is -2.03. The van der Waals surface area contributed by atoms with E-state index in [1.165, 1.54) is 5.56 Å². The highest BCUT2D eigenvalue weighted by Gasteiger charge is 2.12. The molecule has 2 N–H and O–H groups in total. The second-order valence-corrected chi connectivity index (χ2v) is 4.86. The molecule has 0 amide bonds. The summed E-state index contributed by atoms with van der Waals surface area (Å²) in [7, 11) is 0. The number of fused-ring (bicyclic) bond motifs is 1. The van der Waals surface area contributed by atoms with Gasteiger partial charge in [-0.3, -0.25) is 4.57 Å². The van der Waals surface area contributed by atoms with Crippen molar-refractivity contribution in [2.45, 2.75) is 13.3 Å². The van der Waals surface area contributed by atoms with Gasteiger partial charge in [0.25, 0.3) is 0 Å². The predicted octanol–water partition coefficient (Wildman–Crippen LogP) is 3.82. The van der Waals surface area contributed by atoms with Crippen molar-refractivity contribution in [1.82, 2.24) is 9.55 Å². The minimum Gasteiger partial charge on any atom is -0.369 e. The van der Waals surface area contributed by atoms with E-state index in [1.807, 2.05) is 34.9 Å². The number of nitrogen functional groups attached to an aromatic ring is 1. The second-order valence-electron chi connectivity index (χ2n) is 4.42. The monoisotopic (exact) mass is 271 g/mol. The van der Waals surface area contributed by atoms with E-state index in [0.29, 0.717) is 11.0 Å². The highest BCUT2D eigenvalue weighted by molar-refractivity contribution is 6.31. The summed E-state index contributed by atoms with van der Waals surface area (Å²) in [5, 5.41) is 0.668. The van der Waals surface area contributed by atoms with Crippen molar-refractivity contribution in [2.75, 3.05) is 5.73 Å². The van der Waals surface area contributed by atoms with E-state index in [1.54, 1.807) is 0 Å². The van der Waals surface area contributed by atoms with Gasteiger partial charge in [0, 0.05) is 5.02 Å². The van der Waals surface area contributed by atoms with Gasteiger partial charge in [-0.2, -0.15) is 0 Å². The summed E-state index contributed by atoms with van der Waals surface area (Å²) in [5.41, 5.74) is 10.2. The van der Waals surface area contributed by atoms with Crippen LogP contribution in [0.5, 0.6) is 0 Å². The number of rotatable bonds is 2. The van der Waals surface area contributed by atoms with E-state index in [2.05, 4.69) is 24.0 Å². The van der Waals surface area contributed by atoms with Crippen LogP contribution in [-0.4, -0.2) is 9.55 Å². The van der Waals surface area contributed by atoms with Gasteiger partial charge < -0.3 is 5.73 Å². The van der Waals surface area contributed by atoms with Crippen molar-refractivity contribution >= 4 is 28.6 Å². The zero-order valence-corrected chi connectivity index (χ0v) is 11.4. The minimum atomic E-state index is 0.484. The Balaban J connectivity index is 2.33. The van der Waals surface area contributed by atoms with Crippen LogP contribution in [0.4, 0.5) is 5.95 Å². The first-order valence-corrected chi connectivity index (χ1v) is 6.60. The van der Waals surface area contributed by atoms with Crippen molar-refractivity contribution < 1.29 is 0 Å². The van der Waals surface area contributed by atoms with Gasteiger partial charge in [0.1, 0.15) is 0 Å². The molecule has 3 rings (SSSR count). The van der Waals surface area contributed by atoms with Crippen molar-refractivity contribution in [1.29, 1.82) is 0 Å². The molecular formula is C15H14ClN3. The van der Waals surface area contributed by atoms with Gasteiger partial charge in [-0.15, -0.1) is 0 Å². The van der Waals surface area contributed by atoms with Crippen LogP contribution in [0.25, 0.3) is 16.7 Å². The molecule has 0 fully saturated rings. The largest absolute Gasteiger partial charge is 0.369 e. The first kappa shape index (κ1) is 12.1. The summed E-state index contributed by atoms with van der Waals surface area (Å²) in [6.07, 6.45) is 0.947. The number of benzene rings is 2. The number of para-hydroxylation sites is 1. The van der Waals surface area contributed by atoms with Crippen molar-refractivity contribution in [3.63, 3.8) is 0 Å². The fourth-order valence-electron chi connectivity index (χ4n) is 2.35. The Bertz CT molecular complexity index is 746. The Morgan fingerprint density at radius 3 is 2.79 bits per heavy atom. The summed E-state index contributed by atoms with van der Waals surface area (Å²) in [6.45, 7) is 2.13. The molecule has 1 heterocycles. The summed E-state index contributed by atoms with van der Waals surface area (Å²) in [4.78, 5) is 4.38. The smallest absolute Gasteiger partial charge is 0.205 e. The third kappa shape index (κ3) is 1.96. The molecule has 19 heavy (non-hydrogen) atoms. The first-order valence-electron chi connectivity index (χ1n) is 6.22. The molecule has 4 heteroatoms. The number of anilines is 1. The molecule has 0 bridgehead atoms. The van der Waals surface area contributed by atoms with Gasteiger partial charge >= 0.3 is 0 Å². The molecular weight excluding hydrogens is 258 g/mol. The van der Waals surface area contributed by atoms with E-state index in [4.69, 9.17) is 17.3 Å². The van der Waals surface area contributed by atoms with Crippen LogP contribution in [0, 0.1) is 0 Å². The molecule has 0 unspecified atom stereocenters. The fraction of sp³-hybridized carbons (Fsp3) is 0.133. The quantitative estimate of drug-likeness (QED) is 0.770. The van der Waals surface area contributed by atoms with Crippen LogP contribution >= 0.6 is 11.6 Å². The lowest BCUT2D eigenvalue weighted by atomic mass is 10.1. The van der Waals surface area contributed by atoms with Crippen LogP contribution in [-0.2, 0) is 6.42 Å². The third-order valence-electron chi connectivity index (χ3n) is 3.26. The van der Waals surface area contributed by atoms with E-state index in [0.717, 1.165) is 23.1 Å². The lowest BCUT2D eigenvalue weighted by molar-refractivity contribution is 1.04. The molecule has 0 atom stereocenters. The van der Waals surface area contributed by atoms with Crippen LogP contribution < -0.4 is 5.73 Å². The Morgan fingerprint density at radius 1 is 1.21 bits per heavy atom. The predicted molar refractivity (Wildman–Crippen MR) is 79.9 cm³/mol. The topological polar surface area (TPSA) is 43.8 Å². The van der Waals surface area contributed by atoms with Crippen LogP contribution in [0.2, 0.25) is 5.02 Å². The second kappa shape index (κ2) is 4.59. The van der Waals surface area contributed by atoms with E-state index < -0.39 is 0 Å². The van der Waals surface area contributed by atoms with Gasteiger partial charge in [0.2, 0.25) is 5.95 Å². The Hall–Kier alpha value is -2.00. The molecule has 0 spiro atoms. The van der Waals surface area contributed by atoms with E-state index in [9.17, 15) is 0 Å². The Labute approximate surface area is 116 Å². The van der Waals surface area contributed by atoms with Gasteiger partial charge in [0.15, 0.2) is 0 Å². The summed E-state index contributed by atoms with van der Waals surface area (Å²) in [6, 6.07) is 13.9. The summed E-state index contributed by atoms with van der Waals surface area (Å²) < 4.78 is 1.98. The molecule has 0 saturated carbocycles. The molecule has 1 aromatic heterocycles. The molecule has 2 aromatic carbocycles. The van der Waals surface area contributed by atoms with Crippen molar-refractivity contribution in [3.05, 3.63) is 53.1 Å². The normalized spacial score (nSPS) is 11.1. The summed E-state index contributed by atoms with van der Waals surface area (Å²) in [5.74, 6) is 0.484. The highest BCUT2D eigenvalue weighted by atomic mass is 35.5. The molecule has 0 saturated heterocycles. The number of aryl methyl sites for hydroxylation is 1. The number of hydrogen-bond donors (Lipinski definition) is 1. The summed E-state index contributed by atoms with van der Waals surface area (Å²) >= 11 is 5.99. The van der Waals surface area contributed by atoms with Gasteiger partial charge in [-0.05, 0) is 36.2 Å². The number of imidazole rings is 1. The Morgan fingerprint density at radius 2 is 2.00 bits per heavy atom. The molecule has 0 aliphatic heterocycles. The highest BCUT2D eigenvalue weighted by Crippen LogP contribution is 2.27. The van der Waals surface area contributed by atoms with Crippen molar-refractivity contribution in [3.8, 4) is 5.69 Å². The molecule has 3 aromatic rings. The Kier molecular flexibility index (Phi) is 2.91. The van der Waals surface area contributed by atoms with Crippen LogP contribution in [0.1, 0.15) is 12.5 Å². The van der Waals surface area contributed by atoms with Crippen LogP contribution in [0.3, 0.4) is 0 Å². The first-order chi connectivity index (χ1) is 9.20. The lowest BCUT2D eigenvalue weighted by Gasteiger charge is -2.11. The molecule has 3 nitrogen and oxygen atoms in total. The van der Waals surface area contributed by atoms with Gasteiger partial charge in [-0.25, -0.2) is 4.98 Å². The third-order valence-corrected chi connectivity index (χ3v) is 3.49. The standard InChI is InChI=1S/C15H14ClN3/c1-2-10-5-3-4-6-13(10)19-14-8-7-11(16)9-12(14)18-15(19)17/h3-9H,2H2,1H3,(H2,17,18). The molecule has 0 aliphatic carbocycles. The maximum atomic E-state index is 6.07. The minimum absolute atomic E-state index is 0.484. The number of aromatic nitrogens is 2. The van der Waals surface area contributed by atoms with Gasteiger partial charge in [0.05, 0.1) is 16.7 Å². The molecule has 0 radical (unpaired) electrons. The zero-order valence-electron chi connectivity index (χ0n) is 10.6. The number of nitrogens with two attached hydrogens (primary N) is 1. The maximum absolute atomic E-state index is 6.07. The SMILES string of the molecule is CCc1ccccc1-n1c(N)nc2cc(Cl)ccc21. The number of nitrogens with zero attached hydrogens (tertiary/aromatic N) is 2. The molecule has 0 aliphatic rings. The average molecular weight is 272 g/mol. The maximum Gasteiger partial charge on any atom is 0.205 e. The number of halogens is 1. The zero-order chi connectivity index (χ0) is 13.4. The van der Waals surface area contributed by atoms with Gasteiger partial charge in [-0.1, -0.05) is 36.7 Å². The fourth-order valence-corrected chi connectivity index (χ4v) is 2.52. The van der Waals surface area contributed by atoms with E-state index >= 15 is 0 Å². The average Bonchev–Trinajstić information content (AvgIpc) is 2.73. The number of hydrogen-bond acceptors (Lipinski definition) is 2. The molecule has 96 valence electrons. The van der Waals surface area contributed by atoms with Crippen molar-refractivity contribution in [2.24, 2.45) is 0 Å².